The number of halogens is 2. The van der Waals surface area contributed by atoms with Gasteiger partial charge in [0.25, 0.3) is 6.43 Å². The Morgan fingerprint density at radius 3 is 2.56 bits per heavy atom. The largest absolute Gasteiger partial charge is 0.393 e. The molecule has 1 aromatic carbocycles. The Balaban J connectivity index is 1.28. The number of carbonyl (C=O) groups excluding carboxylic acids is 1. The monoisotopic (exact) mass is 541 g/mol. The molecule has 3 aromatic rings. The second-order valence-electron chi connectivity index (χ2n) is 10.5. The Morgan fingerprint density at radius 2 is 1.79 bits per heavy atom. The van der Waals surface area contributed by atoms with Crippen LogP contribution in [0.25, 0.3) is 16.9 Å². The van der Waals surface area contributed by atoms with Gasteiger partial charge in [-0.05, 0) is 44.2 Å². The number of aromatic nitrogens is 4. The van der Waals surface area contributed by atoms with Gasteiger partial charge < -0.3 is 25.0 Å². The molecule has 3 aliphatic rings. The number of rotatable bonds is 6. The number of nitrogens with zero attached hydrogens (tertiary/aromatic N) is 6. The maximum atomic E-state index is 14.1. The molecule has 2 saturated heterocycles. The first kappa shape index (κ1) is 25.9. The summed E-state index contributed by atoms with van der Waals surface area (Å²) >= 11 is 0. The van der Waals surface area contributed by atoms with Crippen molar-refractivity contribution >= 4 is 28.7 Å². The number of alkyl halides is 2. The van der Waals surface area contributed by atoms with Gasteiger partial charge in [-0.2, -0.15) is 9.97 Å². The number of imidazole rings is 1. The van der Waals surface area contributed by atoms with Crippen LogP contribution in [0, 0.1) is 5.92 Å². The number of para-hydroxylation sites is 2. The van der Waals surface area contributed by atoms with Gasteiger partial charge in [-0.1, -0.05) is 12.1 Å². The highest BCUT2D eigenvalue weighted by Crippen LogP contribution is 2.31. The summed E-state index contributed by atoms with van der Waals surface area (Å²) in [5, 5.41) is 13.2. The van der Waals surface area contributed by atoms with Crippen LogP contribution in [0.1, 0.15) is 44.4 Å². The number of likely N-dealkylation sites (tertiary alicyclic amines) is 1. The zero-order chi connectivity index (χ0) is 26.9. The van der Waals surface area contributed by atoms with Crippen LogP contribution in [0.3, 0.4) is 0 Å². The first-order chi connectivity index (χ1) is 19.0. The predicted octanol–water partition coefficient (Wildman–Crippen LogP) is 3.15. The number of fused-ring (bicyclic) bond motifs is 1. The standard InChI is InChI=1S/C27H33F2N7O3/c28-24(29)25-31-20-3-1-2-4-21(20)36(25)23-15-22(32-27(33-23)34-11-13-39-14-12-34)30-18-9-10-35(16-18)26(38)17-5-7-19(37)8-6-17/h1-4,15,17-19,24,37H,5-14,16H2,(H,30,32,33)/t17-,18-,19-/m0/s1. The van der Waals surface area contributed by atoms with Gasteiger partial charge in [-0.3, -0.25) is 9.36 Å². The number of aliphatic hydroxyl groups excluding tert-OH is 1. The quantitative estimate of drug-likeness (QED) is 0.490. The lowest BCUT2D eigenvalue weighted by Gasteiger charge is -2.29. The summed E-state index contributed by atoms with van der Waals surface area (Å²) in [6, 6.07) is 8.66. The third-order valence-corrected chi connectivity index (χ3v) is 7.90. The lowest BCUT2D eigenvalue weighted by molar-refractivity contribution is -0.136. The van der Waals surface area contributed by atoms with E-state index in [0.29, 0.717) is 80.9 Å². The predicted molar refractivity (Wildman–Crippen MR) is 141 cm³/mol. The zero-order valence-corrected chi connectivity index (χ0v) is 21.7. The van der Waals surface area contributed by atoms with E-state index in [2.05, 4.69) is 10.3 Å². The van der Waals surface area contributed by atoms with E-state index in [1.807, 2.05) is 9.80 Å². The number of morpholine rings is 1. The van der Waals surface area contributed by atoms with Crippen LogP contribution in [-0.4, -0.2) is 87.0 Å². The van der Waals surface area contributed by atoms with Crippen molar-refractivity contribution in [2.24, 2.45) is 5.92 Å². The smallest absolute Gasteiger partial charge is 0.296 e. The molecule has 1 amide bonds. The first-order valence-corrected chi connectivity index (χ1v) is 13.7. The molecule has 3 fully saturated rings. The van der Waals surface area contributed by atoms with Crippen molar-refractivity contribution in [3.05, 3.63) is 36.2 Å². The molecule has 39 heavy (non-hydrogen) atoms. The van der Waals surface area contributed by atoms with Crippen molar-refractivity contribution in [1.29, 1.82) is 0 Å². The van der Waals surface area contributed by atoms with Crippen LogP contribution < -0.4 is 10.2 Å². The van der Waals surface area contributed by atoms with Crippen molar-refractivity contribution < 1.29 is 23.4 Å². The second kappa shape index (κ2) is 11.0. The van der Waals surface area contributed by atoms with Crippen molar-refractivity contribution in [1.82, 2.24) is 24.4 Å². The lowest BCUT2D eigenvalue weighted by Crippen LogP contribution is -2.38. The van der Waals surface area contributed by atoms with Crippen molar-refractivity contribution in [2.45, 2.75) is 50.7 Å². The third kappa shape index (κ3) is 5.40. The molecule has 12 heteroatoms. The molecule has 0 spiro atoms. The molecule has 208 valence electrons. The Bertz CT molecular complexity index is 1320. The van der Waals surface area contributed by atoms with Gasteiger partial charge in [0.05, 0.1) is 30.4 Å². The van der Waals surface area contributed by atoms with E-state index in [9.17, 15) is 18.7 Å². The highest BCUT2D eigenvalue weighted by atomic mass is 19.3. The van der Waals surface area contributed by atoms with Gasteiger partial charge in [-0.25, -0.2) is 13.8 Å². The molecule has 0 unspecified atom stereocenters. The van der Waals surface area contributed by atoms with Crippen molar-refractivity contribution in [3.8, 4) is 5.82 Å². The van der Waals surface area contributed by atoms with Crippen molar-refractivity contribution in [2.75, 3.05) is 49.6 Å². The summed E-state index contributed by atoms with van der Waals surface area (Å²) in [4.78, 5) is 30.6. The summed E-state index contributed by atoms with van der Waals surface area (Å²) in [6.07, 6.45) is 0.450. The summed E-state index contributed by atoms with van der Waals surface area (Å²) in [6.45, 7) is 3.44. The average Bonchev–Trinajstić information content (AvgIpc) is 3.58. The maximum absolute atomic E-state index is 14.1. The Kier molecular flexibility index (Phi) is 7.30. The molecule has 4 heterocycles. The first-order valence-electron chi connectivity index (χ1n) is 13.7. The van der Waals surface area contributed by atoms with Crippen LogP contribution in [0.5, 0.6) is 0 Å². The number of benzene rings is 1. The van der Waals surface area contributed by atoms with E-state index in [0.717, 1.165) is 19.3 Å². The normalized spacial score (nSPS) is 24.1. The Hall–Kier alpha value is -3.38. The van der Waals surface area contributed by atoms with Gasteiger partial charge in [-0.15, -0.1) is 0 Å². The van der Waals surface area contributed by atoms with Gasteiger partial charge >= 0.3 is 0 Å². The molecule has 6 rings (SSSR count). The van der Waals surface area contributed by atoms with Gasteiger partial charge in [0, 0.05) is 44.2 Å². The van der Waals surface area contributed by atoms with Gasteiger partial charge in [0.2, 0.25) is 11.9 Å². The number of amides is 1. The molecule has 1 saturated carbocycles. The molecule has 0 bridgehead atoms. The molecule has 2 aromatic heterocycles. The van der Waals surface area contributed by atoms with E-state index in [-0.39, 0.29) is 29.8 Å². The molecule has 10 nitrogen and oxygen atoms in total. The van der Waals surface area contributed by atoms with Crippen LogP contribution >= 0.6 is 0 Å². The zero-order valence-electron chi connectivity index (χ0n) is 21.7. The van der Waals surface area contributed by atoms with Gasteiger partial charge in [0.1, 0.15) is 11.6 Å². The second-order valence-corrected chi connectivity index (χ2v) is 10.5. The fourth-order valence-corrected chi connectivity index (χ4v) is 5.82. The SMILES string of the molecule is O=C([C@H]1CC[C@H](O)CC1)N1CC[C@H](Nc2cc(-n3c(C(F)F)nc4ccccc43)nc(N3CCOCC3)n2)C1. The number of ether oxygens (including phenoxy) is 1. The molecular weight excluding hydrogens is 508 g/mol. The lowest BCUT2D eigenvalue weighted by atomic mass is 9.86. The topological polar surface area (TPSA) is 109 Å². The Labute approximate surface area is 225 Å². The van der Waals surface area contributed by atoms with Gasteiger partial charge in [0.15, 0.2) is 5.82 Å². The summed E-state index contributed by atoms with van der Waals surface area (Å²) in [5.41, 5.74) is 1.01. The maximum Gasteiger partial charge on any atom is 0.296 e. The minimum Gasteiger partial charge on any atom is -0.393 e. The summed E-state index contributed by atoms with van der Waals surface area (Å²) in [7, 11) is 0. The molecule has 1 aliphatic carbocycles. The third-order valence-electron chi connectivity index (χ3n) is 7.90. The average molecular weight is 542 g/mol. The number of anilines is 2. The highest BCUT2D eigenvalue weighted by Gasteiger charge is 2.33. The van der Waals surface area contributed by atoms with E-state index < -0.39 is 6.43 Å². The molecule has 2 aliphatic heterocycles. The van der Waals surface area contributed by atoms with E-state index in [1.54, 1.807) is 30.3 Å². The van der Waals surface area contributed by atoms with E-state index in [1.165, 1.54) is 4.57 Å². The van der Waals surface area contributed by atoms with Crippen LogP contribution in [-0.2, 0) is 9.53 Å². The fraction of sp³-hybridized carbons (Fsp3) is 0.556. The number of nitrogens with one attached hydrogen (secondary N) is 1. The number of carbonyl (C=O) groups is 1. The minimum absolute atomic E-state index is 0.0301. The van der Waals surface area contributed by atoms with E-state index >= 15 is 0 Å². The number of hydrogen-bond donors (Lipinski definition) is 2. The van der Waals surface area contributed by atoms with Crippen LogP contribution in [0.2, 0.25) is 0 Å². The summed E-state index contributed by atoms with van der Waals surface area (Å²) < 4.78 is 35.1. The molecule has 2 N–H and O–H groups in total. The summed E-state index contributed by atoms with van der Waals surface area (Å²) in [5.74, 6) is 0.999. The molecule has 0 radical (unpaired) electrons. The van der Waals surface area contributed by atoms with Crippen molar-refractivity contribution in [3.63, 3.8) is 0 Å². The van der Waals surface area contributed by atoms with Crippen LogP contribution in [0.4, 0.5) is 20.5 Å². The van der Waals surface area contributed by atoms with E-state index in [4.69, 9.17) is 14.7 Å². The number of aliphatic hydroxyl groups is 1. The Morgan fingerprint density at radius 1 is 1.03 bits per heavy atom. The number of hydrogen-bond acceptors (Lipinski definition) is 8. The highest BCUT2D eigenvalue weighted by molar-refractivity contribution is 5.79. The molecular formula is C27H33F2N7O3. The fourth-order valence-electron chi connectivity index (χ4n) is 5.82. The molecule has 1 atom stereocenters. The van der Waals surface area contributed by atoms with Crippen LogP contribution in [0.15, 0.2) is 30.3 Å². The minimum atomic E-state index is -2.79.